The standard InChI is InChI=1S/C27H33N4O3Si/c1-5-16-14-31-11-9-17(16)12-22(31)23(30-25-24(26(32)27(25)33)29-15-35(3)4)19-8-10-28-21-7-6-18(34-2)13-20(19)21/h5-8,10,13,16-17,22-23,29-30H,1,9,11-12,14-15H2,2-4H3/t16?,17?,22?,23-/m1/s1. The molecule has 2 N–H and O–H groups in total. The fraction of sp³-hybridized carbons (Fsp3) is 0.444. The zero-order chi connectivity index (χ0) is 24.7. The number of rotatable bonds is 9. The summed E-state index contributed by atoms with van der Waals surface area (Å²) < 4.78 is 5.51. The summed E-state index contributed by atoms with van der Waals surface area (Å²) in [5.74, 6) is 1.83. The predicted molar refractivity (Wildman–Crippen MR) is 144 cm³/mol. The van der Waals surface area contributed by atoms with Crippen molar-refractivity contribution in [3.8, 4) is 5.75 Å². The van der Waals surface area contributed by atoms with Gasteiger partial charge in [-0.25, -0.2) is 0 Å². The van der Waals surface area contributed by atoms with Gasteiger partial charge in [0.25, 0.3) is 10.9 Å². The van der Waals surface area contributed by atoms with E-state index in [2.05, 4.69) is 46.3 Å². The van der Waals surface area contributed by atoms with E-state index in [0.717, 1.165) is 54.3 Å². The van der Waals surface area contributed by atoms with Crippen LogP contribution in [0.25, 0.3) is 10.9 Å². The molecule has 183 valence electrons. The lowest BCUT2D eigenvalue weighted by Gasteiger charge is -2.52. The van der Waals surface area contributed by atoms with Crippen LogP contribution in [-0.2, 0) is 0 Å². The van der Waals surface area contributed by atoms with Crippen molar-refractivity contribution in [2.24, 2.45) is 11.8 Å². The molecule has 35 heavy (non-hydrogen) atoms. The zero-order valence-corrected chi connectivity index (χ0v) is 21.6. The van der Waals surface area contributed by atoms with Gasteiger partial charge >= 0.3 is 0 Å². The van der Waals surface area contributed by atoms with Crippen molar-refractivity contribution in [3.05, 3.63) is 69.1 Å². The topological polar surface area (TPSA) is 83.6 Å². The van der Waals surface area contributed by atoms with Crippen LogP contribution in [0.4, 0.5) is 11.4 Å². The molecule has 0 spiro atoms. The average Bonchev–Trinajstić information content (AvgIpc) is 2.89. The molecule has 0 saturated carbocycles. The highest BCUT2D eigenvalue weighted by Crippen LogP contribution is 2.43. The quantitative estimate of drug-likeness (QED) is 0.270. The van der Waals surface area contributed by atoms with Gasteiger partial charge in [0.05, 0.1) is 27.5 Å². The Bertz CT molecular complexity index is 1320. The molecule has 6 rings (SSSR count). The molecular formula is C27H33N4O3Si. The van der Waals surface area contributed by atoms with Crippen LogP contribution < -0.4 is 26.2 Å². The van der Waals surface area contributed by atoms with Crippen molar-refractivity contribution in [2.45, 2.75) is 38.0 Å². The second-order valence-corrected chi connectivity index (χ2v) is 12.9. The molecule has 2 aromatic carbocycles. The van der Waals surface area contributed by atoms with Gasteiger partial charge in [-0.3, -0.25) is 19.5 Å². The summed E-state index contributed by atoms with van der Waals surface area (Å²) in [6.07, 6.45) is 6.83. The average molecular weight is 490 g/mol. The molecule has 4 unspecified atom stereocenters. The summed E-state index contributed by atoms with van der Waals surface area (Å²) in [4.78, 5) is 32.3. The first kappa shape index (κ1) is 23.8. The van der Waals surface area contributed by atoms with Crippen LogP contribution in [0.2, 0.25) is 13.1 Å². The van der Waals surface area contributed by atoms with Crippen molar-refractivity contribution in [1.82, 2.24) is 9.88 Å². The Hall–Kier alpha value is -2.97. The largest absolute Gasteiger partial charge is 0.497 e. The Morgan fingerprint density at radius 3 is 2.74 bits per heavy atom. The second-order valence-electron chi connectivity index (χ2n) is 10.1. The van der Waals surface area contributed by atoms with Gasteiger partial charge in [-0.15, -0.1) is 6.58 Å². The van der Waals surface area contributed by atoms with Crippen molar-refractivity contribution < 1.29 is 4.74 Å². The summed E-state index contributed by atoms with van der Waals surface area (Å²) in [5, 5.41) is 7.80. The van der Waals surface area contributed by atoms with Crippen LogP contribution in [0.3, 0.4) is 0 Å². The van der Waals surface area contributed by atoms with E-state index in [0.29, 0.717) is 23.2 Å². The van der Waals surface area contributed by atoms with Crippen molar-refractivity contribution in [3.63, 3.8) is 0 Å². The van der Waals surface area contributed by atoms with Gasteiger partial charge in [-0.05, 0) is 61.1 Å². The Morgan fingerprint density at radius 1 is 1.26 bits per heavy atom. The highest BCUT2D eigenvalue weighted by molar-refractivity contribution is 6.56. The lowest BCUT2D eigenvalue weighted by atomic mass is 9.73. The third-order valence-corrected chi connectivity index (χ3v) is 8.57. The van der Waals surface area contributed by atoms with Crippen molar-refractivity contribution in [1.29, 1.82) is 0 Å². The van der Waals surface area contributed by atoms with E-state index in [4.69, 9.17) is 4.74 Å². The van der Waals surface area contributed by atoms with Gasteiger partial charge in [0.15, 0.2) is 0 Å². The number of nitrogens with zero attached hydrogens (tertiary/aromatic N) is 2. The molecule has 3 saturated heterocycles. The van der Waals surface area contributed by atoms with E-state index >= 15 is 0 Å². The SMILES string of the molecule is C=CC1CN2CCC1CC2[C@H](Nc1c(NC[Si](C)C)c(=O)c1=O)c1ccnc2ccc(OC)cc12. The highest BCUT2D eigenvalue weighted by atomic mass is 28.3. The van der Waals surface area contributed by atoms with E-state index in [1.807, 2.05) is 30.5 Å². The Kier molecular flexibility index (Phi) is 6.50. The number of benzene rings is 1. The fourth-order valence-corrected chi connectivity index (χ4v) is 6.30. The maximum atomic E-state index is 12.7. The number of nitrogens with one attached hydrogen (secondary N) is 2. The molecule has 8 heteroatoms. The third-order valence-electron chi connectivity index (χ3n) is 7.69. The zero-order valence-electron chi connectivity index (χ0n) is 20.6. The monoisotopic (exact) mass is 489 g/mol. The molecule has 2 bridgehead atoms. The van der Waals surface area contributed by atoms with Crippen LogP contribution in [0, 0.1) is 11.8 Å². The van der Waals surface area contributed by atoms with Gasteiger partial charge in [0, 0.05) is 30.3 Å². The summed E-state index contributed by atoms with van der Waals surface area (Å²) in [5.41, 5.74) is 1.93. The second kappa shape index (κ2) is 9.58. The van der Waals surface area contributed by atoms with Gasteiger partial charge in [-0.2, -0.15) is 0 Å². The third kappa shape index (κ3) is 4.29. The van der Waals surface area contributed by atoms with E-state index in [1.54, 1.807) is 7.11 Å². The maximum absolute atomic E-state index is 12.7. The van der Waals surface area contributed by atoms with Crippen LogP contribution in [0.1, 0.15) is 24.4 Å². The number of anilines is 2. The normalized spacial score (nSPS) is 24.6. The number of hydrogen-bond donors (Lipinski definition) is 2. The lowest BCUT2D eigenvalue weighted by Crippen LogP contribution is -2.56. The van der Waals surface area contributed by atoms with Gasteiger partial charge in [0.2, 0.25) is 0 Å². The maximum Gasteiger partial charge on any atom is 0.253 e. The molecule has 0 amide bonds. The number of pyridine rings is 1. The minimum absolute atomic E-state index is 0.168. The lowest BCUT2D eigenvalue weighted by molar-refractivity contribution is 0.0105. The Balaban J connectivity index is 1.58. The molecule has 3 aliphatic heterocycles. The number of piperidine rings is 3. The molecule has 1 aromatic heterocycles. The predicted octanol–water partition coefficient (Wildman–Crippen LogP) is 3.59. The van der Waals surface area contributed by atoms with Gasteiger partial charge in [-0.1, -0.05) is 19.2 Å². The summed E-state index contributed by atoms with van der Waals surface area (Å²) >= 11 is 0. The smallest absolute Gasteiger partial charge is 0.253 e. The van der Waals surface area contributed by atoms with Crippen LogP contribution in [0.5, 0.6) is 5.75 Å². The van der Waals surface area contributed by atoms with E-state index in [-0.39, 0.29) is 12.1 Å². The fourth-order valence-electron chi connectivity index (χ4n) is 5.77. The first-order valence-corrected chi connectivity index (χ1v) is 15.0. The summed E-state index contributed by atoms with van der Waals surface area (Å²) in [6.45, 7) is 10.4. The van der Waals surface area contributed by atoms with Crippen molar-refractivity contribution in [2.75, 3.05) is 37.0 Å². The van der Waals surface area contributed by atoms with Crippen molar-refractivity contribution >= 4 is 31.1 Å². The summed E-state index contributed by atoms with van der Waals surface area (Å²) in [6, 6.07) is 7.95. The molecule has 7 nitrogen and oxygen atoms in total. The number of methoxy groups -OCH3 is 1. The van der Waals surface area contributed by atoms with E-state index in [1.165, 1.54) is 0 Å². The molecule has 0 aliphatic carbocycles. The highest BCUT2D eigenvalue weighted by Gasteiger charge is 2.43. The number of ether oxygens (including phenoxy) is 1. The molecule has 5 atom stereocenters. The summed E-state index contributed by atoms with van der Waals surface area (Å²) in [7, 11) is 1.06. The number of aromatic nitrogens is 1. The molecule has 3 aliphatic rings. The molecular weight excluding hydrogens is 456 g/mol. The van der Waals surface area contributed by atoms with Crippen LogP contribution in [0.15, 0.2) is 52.7 Å². The van der Waals surface area contributed by atoms with Crippen LogP contribution in [-0.4, -0.2) is 51.1 Å². The first-order chi connectivity index (χ1) is 16.9. The Morgan fingerprint density at radius 2 is 2.06 bits per heavy atom. The number of fused-ring (bicyclic) bond motifs is 4. The Labute approximate surface area is 207 Å². The van der Waals surface area contributed by atoms with Crippen LogP contribution >= 0.6 is 0 Å². The number of hydrogen-bond acceptors (Lipinski definition) is 7. The minimum Gasteiger partial charge on any atom is -0.497 e. The molecule has 1 radical (unpaired) electrons. The molecule has 3 fully saturated rings. The van der Waals surface area contributed by atoms with Gasteiger partial charge < -0.3 is 15.4 Å². The van der Waals surface area contributed by atoms with E-state index in [9.17, 15) is 9.59 Å². The molecule has 4 heterocycles. The molecule has 3 aromatic rings. The van der Waals surface area contributed by atoms with Gasteiger partial charge in [0.1, 0.15) is 17.1 Å². The minimum atomic E-state index is -0.597. The van der Waals surface area contributed by atoms with E-state index < -0.39 is 19.7 Å². The first-order valence-electron chi connectivity index (χ1n) is 12.3.